The number of hydrogen-bond acceptors (Lipinski definition) is 7. The first-order chi connectivity index (χ1) is 15.9. The standard InChI is InChI=1S/C22H27N9O2/c1-4-30-18(7-12(2)28-30)22-25-21(26-27-22)15-8-14(20(23)33)9-17-16(15)10-24-31(17)6-5-29-11-19(32)13(29)3/h7-10,13,19,32H,4-6,11H2,1-3H3,(H2,23,33)(H,25,26,27)/t13-,19+/m1/s1. The number of aliphatic hydroxyl groups is 1. The Hall–Kier alpha value is -3.57. The molecule has 0 bridgehead atoms. The van der Waals surface area contributed by atoms with Gasteiger partial charge in [-0.05, 0) is 39.0 Å². The highest BCUT2D eigenvalue weighted by Crippen LogP contribution is 2.30. The van der Waals surface area contributed by atoms with Crippen LogP contribution in [0.1, 0.15) is 29.9 Å². The molecule has 4 N–H and O–H groups in total. The smallest absolute Gasteiger partial charge is 0.248 e. The van der Waals surface area contributed by atoms with Crippen molar-refractivity contribution in [3.63, 3.8) is 0 Å². The average molecular weight is 450 g/mol. The number of hydrogen-bond donors (Lipinski definition) is 3. The molecule has 1 amide bonds. The molecule has 1 aliphatic rings. The number of nitrogens with zero attached hydrogens (tertiary/aromatic N) is 7. The van der Waals surface area contributed by atoms with Crippen LogP contribution in [-0.2, 0) is 13.1 Å². The van der Waals surface area contributed by atoms with Gasteiger partial charge in [0.1, 0.15) is 5.69 Å². The quantitative estimate of drug-likeness (QED) is 0.384. The Bertz CT molecular complexity index is 1340. The maximum Gasteiger partial charge on any atom is 0.248 e. The van der Waals surface area contributed by atoms with Crippen LogP contribution in [-0.4, -0.2) is 75.9 Å². The fourth-order valence-electron chi connectivity index (χ4n) is 4.34. The fraction of sp³-hybridized carbons (Fsp3) is 0.409. The largest absolute Gasteiger partial charge is 0.390 e. The number of likely N-dealkylation sites (tertiary alicyclic amines) is 1. The van der Waals surface area contributed by atoms with Crippen molar-refractivity contribution in [2.75, 3.05) is 13.1 Å². The van der Waals surface area contributed by atoms with Crippen LogP contribution < -0.4 is 5.73 Å². The lowest BCUT2D eigenvalue weighted by Crippen LogP contribution is -2.58. The number of aromatic amines is 1. The fourth-order valence-corrected chi connectivity index (χ4v) is 4.34. The molecule has 0 spiro atoms. The Morgan fingerprint density at radius 2 is 2.09 bits per heavy atom. The summed E-state index contributed by atoms with van der Waals surface area (Å²) in [6.07, 6.45) is 1.49. The number of primary amides is 1. The molecular weight excluding hydrogens is 422 g/mol. The molecule has 172 valence electrons. The Kier molecular flexibility index (Phi) is 5.22. The number of benzene rings is 1. The summed E-state index contributed by atoms with van der Waals surface area (Å²) in [7, 11) is 0. The monoisotopic (exact) mass is 449 g/mol. The third kappa shape index (κ3) is 3.68. The number of β-amino-alcohol motifs (C(OH)–C–C–N with tert-alkyl or cyclic N) is 1. The third-order valence-electron chi connectivity index (χ3n) is 6.37. The minimum absolute atomic E-state index is 0.136. The molecule has 1 aromatic carbocycles. The van der Waals surface area contributed by atoms with E-state index in [9.17, 15) is 9.90 Å². The Morgan fingerprint density at radius 3 is 2.79 bits per heavy atom. The minimum atomic E-state index is -0.523. The van der Waals surface area contributed by atoms with E-state index in [0.29, 0.717) is 42.4 Å². The zero-order chi connectivity index (χ0) is 23.3. The molecule has 1 aliphatic heterocycles. The number of rotatable bonds is 7. The lowest BCUT2D eigenvalue weighted by atomic mass is 10.0. The Morgan fingerprint density at radius 1 is 1.27 bits per heavy atom. The lowest BCUT2D eigenvalue weighted by Gasteiger charge is -2.43. The summed E-state index contributed by atoms with van der Waals surface area (Å²) in [6, 6.07) is 5.56. The molecule has 2 atom stereocenters. The highest BCUT2D eigenvalue weighted by molar-refractivity contribution is 6.02. The van der Waals surface area contributed by atoms with E-state index >= 15 is 0 Å². The second kappa shape index (κ2) is 8.09. The van der Waals surface area contributed by atoms with Crippen molar-refractivity contribution in [3.8, 4) is 22.9 Å². The van der Waals surface area contributed by atoms with Crippen LogP contribution >= 0.6 is 0 Å². The molecule has 1 saturated heterocycles. The van der Waals surface area contributed by atoms with Gasteiger partial charge in [-0.2, -0.15) is 15.3 Å². The van der Waals surface area contributed by atoms with Crippen LogP contribution in [0.4, 0.5) is 0 Å². The van der Waals surface area contributed by atoms with Gasteiger partial charge in [0.2, 0.25) is 5.91 Å². The molecule has 4 aromatic rings. The molecule has 33 heavy (non-hydrogen) atoms. The summed E-state index contributed by atoms with van der Waals surface area (Å²) in [5, 5.41) is 27.0. The SMILES string of the molecule is CCn1nc(C)cc1-c1n[nH]c(-c2cc(C(N)=O)cc3c2cnn3CCN2C[C@H](O)[C@H]2C)n1. The maximum absolute atomic E-state index is 12.1. The van der Waals surface area contributed by atoms with E-state index in [2.05, 4.69) is 25.3 Å². The summed E-state index contributed by atoms with van der Waals surface area (Å²) >= 11 is 0. The van der Waals surface area contributed by atoms with E-state index < -0.39 is 5.91 Å². The topological polar surface area (TPSA) is 144 Å². The van der Waals surface area contributed by atoms with Gasteiger partial charge >= 0.3 is 0 Å². The predicted octanol–water partition coefficient (Wildman–Crippen LogP) is 1.18. The summed E-state index contributed by atoms with van der Waals surface area (Å²) in [6.45, 7) is 8.68. The number of aryl methyl sites for hydroxylation is 2. The van der Waals surface area contributed by atoms with Crippen molar-refractivity contribution >= 4 is 16.8 Å². The predicted molar refractivity (Wildman–Crippen MR) is 122 cm³/mol. The van der Waals surface area contributed by atoms with Crippen LogP contribution in [0.5, 0.6) is 0 Å². The molecular formula is C22H27N9O2. The summed E-state index contributed by atoms with van der Waals surface area (Å²) in [4.78, 5) is 19.0. The van der Waals surface area contributed by atoms with Crippen molar-refractivity contribution in [1.82, 2.24) is 39.6 Å². The van der Waals surface area contributed by atoms with Crippen molar-refractivity contribution in [2.45, 2.75) is 46.0 Å². The maximum atomic E-state index is 12.1. The van der Waals surface area contributed by atoms with E-state index in [-0.39, 0.29) is 12.1 Å². The van der Waals surface area contributed by atoms with Gasteiger partial charge in [-0.1, -0.05) is 0 Å². The number of aliphatic hydroxyl groups excluding tert-OH is 1. The van der Waals surface area contributed by atoms with Gasteiger partial charge in [-0.3, -0.25) is 24.2 Å². The first kappa shape index (κ1) is 21.3. The van der Waals surface area contributed by atoms with Crippen LogP contribution in [0.2, 0.25) is 0 Å². The zero-order valence-electron chi connectivity index (χ0n) is 18.9. The number of H-pyrrole nitrogens is 1. The molecule has 11 heteroatoms. The first-order valence-corrected chi connectivity index (χ1v) is 11.0. The molecule has 11 nitrogen and oxygen atoms in total. The first-order valence-electron chi connectivity index (χ1n) is 11.0. The second-order valence-corrected chi connectivity index (χ2v) is 8.49. The number of nitrogens with two attached hydrogens (primary N) is 1. The Labute approximate surface area is 190 Å². The van der Waals surface area contributed by atoms with E-state index in [1.54, 1.807) is 18.3 Å². The number of amides is 1. The minimum Gasteiger partial charge on any atom is -0.390 e. The zero-order valence-corrected chi connectivity index (χ0v) is 18.9. The number of nitrogens with one attached hydrogen (secondary N) is 1. The summed E-state index contributed by atoms with van der Waals surface area (Å²) < 4.78 is 3.71. The van der Waals surface area contributed by atoms with E-state index in [1.165, 1.54) is 0 Å². The average Bonchev–Trinajstić information content (AvgIpc) is 3.53. The van der Waals surface area contributed by atoms with Crippen molar-refractivity contribution in [2.24, 2.45) is 5.73 Å². The third-order valence-corrected chi connectivity index (χ3v) is 6.37. The van der Waals surface area contributed by atoms with E-state index in [0.717, 1.165) is 28.8 Å². The van der Waals surface area contributed by atoms with Gasteiger partial charge in [-0.25, -0.2) is 4.98 Å². The molecule has 0 saturated carbocycles. The second-order valence-electron chi connectivity index (χ2n) is 8.49. The Balaban J connectivity index is 1.52. The van der Waals surface area contributed by atoms with Gasteiger partial charge in [0.25, 0.3) is 0 Å². The highest BCUT2D eigenvalue weighted by atomic mass is 16.3. The van der Waals surface area contributed by atoms with Gasteiger partial charge in [0.05, 0.1) is 30.1 Å². The summed E-state index contributed by atoms with van der Waals surface area (Å²) in [5.41, 5.74) is 9.22. The molecule has 0 radical (unpaired) electrons. The number of aromatic nitrogens is 7. The van der Waals surface area contributed by atoms with Crippen molar-refractivity contribution < 1.29 is 9.90 Å². The number of carbonyl (C=O) groups is 1. The molecule has 5 rings (SSSR count). The van der Waals surface area contributed by atoms with E-state index in [1.807, 2.05) is 36.2 Å². The van der Waals surface area contributed by atoms with Crippen LogP contribution in [0, 0.1) is 6.92 Å². The van der Waals surface area contributed by atoms with Gasteiger partial charge < -0.3 is 10.8 Å². The highest BCUT2D eigenvalue weighted by Gasteiger charge is 2.33. The van der Waals surface area contributed by atoms with Gasteiger partial charge in [0, 0.05) is 42.2 Å². The normalized spacial score (nSPS) is 18.7. The van der Waals surface area contributed by atoms with Crippen molar-refractivity contribution in [3.05, 3.63) is 35.7 Å². The van der Waals surface area contributed by atoms with Crippen LogP contribution in [0.3, 0.4) is 0 Å². The lowest BCUT2D eigenvalue weighted by molar-refractivity contribution is -0.0534. The van der Waals surface area contributed by atoms with Gasteiger partial charge in [0.15, 0.2) is 11.6 Å². The molecule has 3 aromatic heterocycles. The number of fused-ring (bicyclic) bond motifs is 1. The van der Waals surface area contributed by atoms with Gasteiger partial charge in [-0.15, -0.1) is 0 Å². The summed E-state index contributed by atoms with van der Waals surface area (Å²) in [5.74, 6) is 0.534. The van der Waals surface area contributed by atoms with Crippen LogP contribution in [0.15, 0.2) is 24.4 Å². The molecule has 4 heterocycles. The molecule has 0 aliphatic carbocycles. The van der Waals surface area contributed by atoms with E-state index in [4.69, 9.17) is 10.7 Å². The van der Waals surface area contributed by atoms with Crippen LogP contribution in [0.25, 0.3) is 33.8 Å². The molecule has 1 fully saturated rings. The number of carbonyl (C=O) groups excluding carboxylic acids is 1. The molecule has 0 unspecified atom stereocenters. The van der Waals surface area contributed by atoms with Crippen molar-refractivity contribution in [1.29, 1.82) is 0 Å².